The van der Waals surface area contributed by atoms with Crippen molar-refractivity contribution in [3.63, 3.8) is 0 Å². The number of methoxy groups -OCH3 is 1. The fraction of sp³-hybridized carbons (Fsp3) is 0.388. The van der Waals surface area contributed by atoms with Crippen LogP contribution in [-0.2, 0) is 0 Å². The highest BCUT2D eigenvalue weighted by Gasteiger charge is 2.28. The van der Waals surface area contributed by atoms with Crippen LogP contribution in [0.25, 0.3) is 67.1 Å². The van der Waals surface area contributed by atoms with Gasteiger partial charge >= 0.3 is 5.69 Å². The molecule has 0 spiro atoms. The Balaban J connectivity index is 0.000000119. The first-order chi connectivity index (χ1) is 33.1. The van der Waals surface area contributed by atoms with Crippen LogP contribution in [0, 0.1) is 25.4 Å². The number of nitrogen functional groups attached to an aromatic ring is 1. The highest BCUT2D eigenvalue weighted by atomic mass is 32.1. The Morgan fingerprint density at radius 3 is 1.81 bits per heavy atom. The Labute approximate surface area is 395 Å². The van der Waals surface area contributed by atoms with Crippen LogP contribution in [0.2, 0.25) is 0 Å². The molecule has 0 radical (unpaired) electrons. The average Bonchev–Trinajstić information content (AvgIpc) is 4.18. The van der Waals surface area contributed by atoms with Gasteiger partial charge in [0.15, 0.2) is 17.4 Å². The van der Waals surface area contributed by atoms with Gasteiger partial charge in [-0.15, -0.1) is 0 Å². The largest absolute Gasteiger partial charge is 0.480 e. The standard InChI is InChI=1S/C18H20N4O2.C17H18N4O.C14H16N6OS/c1-11-6-5-7-12(10-11)15-14-16(19-18(23)20-17(14)24-2)22(21-15)13-8-3-4-9-13;1-11-5-4-6-12(9-11)15-14-16(18-10-19-17(14)22)21(20-15)13-7-2-3-8-13;1-7-6-16-21-11(7)10-9-12(17-14(15)18-13(9)22)20(19-10)8-4-2-3-5-8/h5-7,10,13H,3-4,8-9H2,1-2H3,(H,19,20,23);4-6,9-10,13H,2-3,7-8H2,1H3,(H,18,19,22);6,8H,2-5H2,1H3,(H3,15,17,18,22). The van der Waals surface area contributed by atoms with Crippen LogP contribution in [-0.4, -0.2) is 71.5 Å². The van der Waals surface area contributed by atoms with Gasteiger partial charge in [-0.25, -0.2) is 28.8 Å². The van der Waals surface area contributed by atoms with E-state index >= 15 is 0 Å². The predicted octanol–water partition coefficient (Wildman–Crippen LogP) is 9.58. The maximum Gasteiger partial charge on any atom is 0.349 e. The quantitative estimate of drug-likeness (QED) is 0.109. The van der Waals surface area contributed by atoms with Gasteiger partial charge in [0.25, 0.3) is 5.56 Å². The van der Waals surface area contributed by atoms with Crippen LogP contribution >= 0.6 is 12.2 Å². The van der Waals surface area contributed by atoms with Gasteiger partial charge in [-0.2, -0.15) is 20.3 Å². The molecule has 7 aromatic heterocycles. The number of benzene rings is 2. The molecule has 0 amide bonds. The zero-order valence-corrected chi connectivity index (χ0v) is 39.4. The lowest BCUT2D eigenvalue weighted by Gasteiger charge is -2.10. The molecule has 3 fully saturated rings. The van der Waals surface area contributed by atoms with Crippen molar-refractivity contribution in [2.24, 2.45) is 0 Å². The zero-order valence-electron chi connectivity index (χ0n) is 38.6. The number of nitrogens with zero attached hydrogens (tertiary/aromatic N) is 10. The van der Waals surface area contributed by atoms with Crippen molar-refractivity contribution in [1.29, 1.82) is 0 Å². The molecule has 0 bridgehead atoms. The van der Waals surface area contributed by atoms with E-state index in [1.807, 2.05) is 58.2 Å². The van der Waals surface area contributed by atoms with Gasteiger partial charge in [-0.3, -0.25) is 9.78 Å². The van der Waals surface area contributed by atoms with Gasteiger partial charge in [-0.1, -0.05) is 103 Å². The van der Waals surface area contributed by atoms with Crippen molar-refractivity contribution >= 4 is 51.3 Å². The minimum atomic E-state index is -0.408. The molecule has 0 unspecified atom stereocenters. The molecule has 3 aliphatic rings. The van der Waals surface area contributed by atoms with E-state index in [2.05, 4.69) is 60.2 Å². The number of nitrogens with two attached hydrogens (primary N) is 1. The highest BCUT2D eigenvalue weighted by molar-refractivity contribution is 7.71. The van der Waals surface area contributed by atoms with Crippen LogP contribution in [0.15, 0.2) is 75.2 Å². The van der Waals surface area contributed by atoms with Crippen molar-refractivity contribution in [1.82, 2.24) is 64.4 Å². The summed E-state index contributed by atoms with van der Waals surface area (Å²) in [6, 6.07) is 17.3. The number of aromatic nitrogens is 13. The number of fused-ring (bicyclic) bond motifs is 3. The van der Waals surface area contributed by atoms with E-state index in [-0.39, 0.29) is 5.56 Å². The van der Waals surface area contributed by atoms with E-state index < -0.39 is 5.69 Å². The molecule has 2 aromatic carbocycles. The molecular weight excluding hydrogens is 881 g/mol. The summed E-state index contributed by atoms with van der Waals surface area (Å²) in [5.74, 6) is 1.26. The third-order valence-electron chi connectivity index (χ3n) is 13.4. The Bertz CT molecular complexity index is 3470. The number of anilines is 1. The normalized spacial score (nSPS) is 15.6. The van der Waals surface area contributed by atoms with Crippen LogP contribution in [0.1, 0.15) is 112 Å². The van der Waals surface area contributed by atoms with E-state index in [9.17, 15) is 9.59 Å². The maximum absolute atomic E-state index is 12.3. The zero-order chi connectivity index (χ0) is 47.1. The molecular formula is C49H54N14O4S. The SMILES string of the molecule is COc1nc(=O)[nH]c2c1c(-c1cccc(C)c1)nn2C1CCCC1.Cc1cccc(-c2nn(C3CCCC3)c3nc[nH]c(=O)c23)c1.Cc1cnoc1-c1nn(C2CCCC2)c2[nH]c(N)nc(=S)c12. The van der Waals surface area contributed by atoms with Gasteiger partial charge < -0.3 is 25.0 Å². The molecule has 0 saturated heterocycles. The van der Waals surface area contributed by atoms with Crippen molar-refractivity contribution in [2.45, 2.75) is 116 Å². The molecule has 9 aromatic rings. The van der Waals surface area contributed by atoms with Gasteiger partial charge in [0.05, 0.1) is 43.1 Å². The minimum Gasteiger partial charge on any atom is -0.480 e. The second-order valence-corrected chi connectivity index (χ2v) is 18.5. The van der Waals surface area contributed by atoms with Gasteiger partial charge in [0, 0.05) is 16.7 Å². The first kappa shape index (κ1) is 44.6. The topological polar surface area (TPSA) is 235 Å². The fourth-order valence-electron chi connectivity index (χ4n) is 10.1. The van der Waals surface area contributed by atoms with E-state index in [4.69, 9.17) is 42.5 Å². The number of aryl methyl sites for hydroxylation is 3. The fourth-order valence-corrected chi connectivity index (χ4v) is 10.4. The molecule has 350 valence electrons. The van der Waals surface area contributed by atoms with Crippen molar-refractivity contribution in [3.05, 3.63) is 103 Å². The van der Waals surface area contributed by atoms with Gasteiger partial charge in [0.2, 0.25) is 5.88 Å². The lowest BCUT2D eigenvalue weighted by Crippen LogP contribution is -2.15. The second kappa shape index (κ2) is 18.8. The first-order valence-corrected chi connectivity index (χ1v) is 23.8. The maximum atomic E-state index is 12.3. The molecule has 18 nitrogen and oxygen atoms in total. The smallest absolute Gasteiger partial charge is 0.349 e. The van der Waals surface area contributed by atoms with E-state index in [1.165, 1.54) is 52.0 Å². The molecule has 19 heteroatoms. The lowest BCUT2D eigenvalue weighted by atomic mass is 10.1. The third kappa shape index (κ3) is 8.50. The molecule has 7 heterocycles. The van der Waals surface area contributed by atoms with Crippen molar-refractivity contribution < 1.29 is 9.26 Å². The van der Waals surface area contributed by atoms with Gasteiger partial charge in [-0.05, 0) is 71.4 Å². The van der Waals surface area contributed by atoms with Crippen molar-refractivity contribution in [3.8, 4) is 39.8 Å². The summed E-state index contributed by atoms with van der Waals surface area (Å²) < 4.78 is 17.1. The molecule has 3 saturated carbocycles. The summed E-state index contributed by atoms with van der Waals surface area (Å²) in [7, 11) is 1.54. The van der Waals surface area contributed by atoms with Crippen LogP contribution in [0.5, 0.6) is 5.88 Å². The molecule has 5 N–H and O–H groups in total. The van der Waals surface area contributed by atoms with E-state index in [0.717, 1.165) is 94.1 Å². The number of aromatic amines is 3. The summed E-state index contributed by atoms with van der Waals surface area (Å²) >= 11 is 5.41. The Kier molecular flexibility index (Phi) is 12.3. The number of hydrogen-bond donors (Lipinski definition) is 4. The number of nitrogens with one attached hydrogen (secondary N) is 3. The average molecular weight is 935 g/mol. The summed E-state index contributed by atoms with van der Waals surface area (Å²) in [6.45, 7) is 6.03. The lowest BCUT2D eigenvalue weighted by molar-refractivity contribution is 0.401. The molecule has 0 atom stereocenters. The van der Waals surface area contributed by atoms with Crippen LogP contribution in [0.4, 0.5) is 5.95 Å². The van der Waals surface area contributed by atoms with Crippen LogP contribution in [0.3, 0.4) is 0 Å². The summed E-state index contributed by atoms with van der Waals surface area (Å²) in [6.07, 6.45) is 17.0. The molecule has 3 aliphatic carbocycles. The Morgan fingerprint density at radius 2 is 1.25 bits per heavy atom. The molecule has 0 aliphatic heterocycles. The van der Waals surface area contributed by atoms with Crippen LogP contribution < -0.4 is 21.7 Å². The number of rotatable bonds is 7. The summed E-state index contributed by atoms with van der Waals surface area (Å²) in [4.78, 5) is 45.5. The van der Waals surface area contributed by atoms with E-state index in [1.54, 1.807) is 6.20 Å². The van der Waals surface area contributed by atoms with Crippen molar-refractivity contribution in [2.75, 3.05) is 12.8 Å². The first-order valence-electron chi connectivity index (χ1n) is 23.4. The predicted molar refractivity (Wildman–Crippen MR) is 263 cm³/mol. The Hall–Kier alpha value is -7.28. The number of H-pyrrole nitrogens is 3. The molecule has 12 rings (SSSR count). The number of ether oxygens (including phenoxy) is 1. The highest BCUT2D eigenvalue weighted by Crippen LogP contribution is 2.39. The molecule has 68 heavy (non-hydrogen) atoms. The monoisotopic (exact) mass is 934 g/mol. The second-order valence-electron chi connectivity index (χ2n) is 18.1. The number of hydrogen-bond acceptors (Lipinski definition) is 13. The summed E-state index contributed by atoms with van der Waals surface area (Å²) in [5.41, 5.74) is 15.0. The minimum absolute atomic E-state index is 0.120. The van der Waals surface area contributed by atoms with E-state index in [0.29, 0.717) is 62.7 Å². The van der Waals surface area contributed by atoms with Gasteiger partial charge in [0.1, 0.15) is 43.8 Å². The summed E-state index contributed by atoms with van der Waals surface area (Å²) in [5, 5.41) is 20.4. The Morgan fingerprint density at radius 1 is 0.706 bits per heavy atom. The third-order valence-corrected chi connectivity index (χ3v) is 13.7.